The lowest BCUT2D eigenvalue weighted by Gasteiger charge is -2.41. The van der Waals surface area contributed by atoms with Crippen LogP contribution in [0.3, 0.4) is 0 Å². The average Bonchev–Trinajstić information content (AvgIpc) is 2.87. The Morgan fingerprint density at radius 2 is 1.78 bits per heavy atom. The van der Waals surface area contributed by atoms with E-state index in [1.807, 2.05) is 30.3 Å². The molecule has 3 aromatic rings. The summed E-state index contributed by atoms with van der Waals surface area (Å²) in [5, 5.41) is 8.31. The molecule has 2 aromatic carbocycles. The Hall–Kier alpha value is -3.34. The number of carbonyl (C=O) groups excluding carboxylic acids is 1. The highest BCUT2D eigenvalue weighted by atomic mass is 32.2. The van der Waals surface area contributed by atoms with Crippen LogP contribution in [0.1, 0.15) is 39.9 Å². The smallest absolute Gasteiger partial charge is 0.257 e. The number of halogens is 1. The molecule has 2 heterocycles. The van der Waals surface area contributed by atoms with Crippen LogP contribution in [0.2, 0.25) is 0 Å². The van der Waals surface area contributed by atoms with Crippen molar-refractivity contribution in [3.05, 3.63) is 88.9 Å². The molecule has 0 unspecified atom stereocenters. The number of nitrogens with one attached hydrogen (secondary N) is 1. The molecule has 1 aromatic heterocycles. The van der Waals surface area contributed by atoms with Gasteiger partial charge in [0.2, 0.25) is 0 Å². The average molecular weight is 513 g/mol. The standard InChI is InChI=1S/C26H29FN4O4S/c1-18-23(29-16-19-6-4-3-5-7-19)22(17-30-24(18)36(28,33)34)25(32)31-14-12-26(35-2,13-15-31)20-8-10-21(27)11-9-20/h3-11,17H,12-16H2,1-2H3,(H,29,30)(H2,28,33,34). The molecule has 0 radical (unpaired) electrons. The number of nitrogens with two attached hydrogens (primary N) is 1. The second kappa shape index (κ2) is 10.3. The Balaban J connectivity index is 1.60. The Bertz CT molecular complexity index is 1340. The van der Waals surface area contributed by atoms with Gasteiger partial charge in [-0.25, -0.2) is 22.9 Å². The monoisotopic (exact) mass is 512 g/mol. The van der Waals surface area contributed by atoms with E-state index in [4.69, 9.17) is 9.88 Å². The van der Waals surface area contributed by atoms with Crippen molar-refractivity contribution in [1.82, 2.24) is 9.88 Å². The first kappa shape index (κ1) is 25.7. The molecule has 0 saturated carbocycles. The lowest BCUT2D eigenvalue weighted by atomic mass is 9.84. The fourth-order valence-corrected chi connectivity index (χ4v) is 5.39. The highest BCUT2D eigenvalue weighted by Gasteiger charge is 2.38. The molecule has 1 amide bonds. The lowest BCUT2D eigenvalue weighted by Crippen LogP contribution is -2.46. The summed E-state index contributed by atoms with van der Waals surface area (Å²) in [6, 6.07) is 15.8. The van der Waals surface area contributed by atoms with Gasteiger partial charge in [0.1, 0.15) is 5.82 Å². The number of hydrogen-bond acceptors (Lipinski definition) is 6. The number of ether oxygens (including phenoxy) is 1. The molecule has 0 spiro atoms. The van der Waals surface area contributed by atoms with Crippen molar-refractivity contribution in [2.45, 2.75) is 36.9 Å². The first-order valence-electron chi connectivity index (χ1n) is 11.6. The van der Waals surface area contributed by atoms with Gasteiger partial charge in [-0.05, 0) is 43.0 Å². The summed E-state index contributed by atoms with van der Waals surface area (Å²) in [7, 11) is -2.46. The van der Waals surface area contributed by atoms with Gasteiger partial charge in [0.15, 0.2) is 5.03 Å². The first-order chi connectivity index (χ1) is 17.1. The predicted octanol–water partition coefficient (Wildman–Crippen LogP) is 3.57. The molecule has 0 aliphatic carbocycles. The van der Waals surface area contributed by atoms with Gasteiger partial charge in [-0.2, -0.15) is 0 Å². The number of aromatic nitrogens is 1. The molecule has 4 rings (SSSR count). The Kier molecular flexibility index (Phi) is 7.39. The van der Waals surface area contributed by atoms with E-state index in [9.17, 15) is 17.6 Å². The van der Waals surface area contributed by atoms with Crippen LogP contribution in [0.25, 0.3) is 0 Å². The van der Waals surface area contributed by atoms with Gasteiger partial charge >= 0.3 is 0 Å². The Labute approximate surface area is 210 Å². The molecule has 1 aliphatic heterocycles. The van der Waals surface area contributed by atoms with Gasteiger partial charge in [0, 0.05) is 38.5 Å². The topological polar surface area (TPSA) is 115 Å². The van der Waals surface area contributed by atoms with E-state index in [0.29, 0.717) is 38.2 Å². The number of rotatable bonds is 7. The maximum Gasteiger partial charge on any atom is 0.257 e. The molecule has 0 bridgehead atoms. The molecule has 1 fully saturated rings. The molecular weight excluding hydrogens is 483 g/mol. The van der Waals surface area contributed by atoms with Crippen LogP contribution in [0.4, 0.5) is 10.1 Å². The van der Waals surface area contributed by atoms with E-state index in [-0.39, 0.29) is 27.9 Å². The fourth-order valence-electron chi connectivity index (χ4n) is 4.66. The van der Waals surface area contributed by atoms with E-state index in [0.717, 1.165) is 11.1 Å². The maximum absolute atomic E-state index is 13.6. The minimum Gasteiger partial charge on any atom is -0.380 e. The number of pyridine rings is 1. The number of carbonyl (C=O) groups is 1. The van der Waals surface area contributed by atoms with Crippen LogP contribution in [0.5, 0.6) is 0 Å². The van der Waals surface area contributed by atoms with E-state index >= 15 is 0 Å². The normalized spacial score (nSPS) is 15.5. The van der Waals surface area contributed by atoms with Crippen molar-refractivity contribution < 1.29 is 22.3 Å². The van der Waals surface area contributed by atoms with Gasteiger partial charge < -0.3 is 15.0 Å². The number of likely N-dealkylation sites (tertiary alicyclic amines) is 1. The largest absolute Gasteiger partial charge is 0.380 e. The van der Waals surface area contributed by atoms with Gasteiger partial charge in [0.05, 0.1) is 16.9 Å². The summed E-state index contributed by atoms with van der Waals surface area (Å²) in [6.45, 7) is 2.77. The zero-order valence-corrected chi connectivity index (χ0v) is 21.0. The molecule has 10 heteroatoms. The van der Waals surface area contributed by atoms with Crippen molar-refractivity contribution in [3.63, 3.8) is 0 Å². The number of anilines is 1. The SMILES string of the molecule is COC1(c2ccc(F)cc2)CCN(C(=O)c2cnc(S(N)(=O)=O)c(C)c2NCc2ccccc2)CC1. The third kappa shape index (κ3) is 5.25. The highest BCUT2D eigenvalue weighted by Crippen LogP contribution is 2.37. The van der Waals surface area contributed by atoms with Crippen LogP contribution in [0.15, 0.2) is 65.8 Å². The number of sulfonamides is 1. The second-order valence-electron chi connectivity index (χ2n) is 8.86. The summed E-state index contributed by atoms with van der Waals surface area (Å²) in [5.74, 6) is -0.593. The highest BCUT2D eigenvalue weighted by molar-refractivity contribution is 7.89. The van der Waals surface area contributed by atoms with Gasteiger partial charge in [-0.1, -0.05) is 42.5 Å². The van der Waals surface area contributed by atoms with Crippen molar-refractivity contribution in [1.29, 1.82) is 0 Å². The molecule has 8 nitrogen and oxygen atoms in total. The van der Waals surface area contributed by atoms with Crippen molar-refractivity contribution >= 4 is 21.6 Å². The number of methoxy groups -OCH3 is 1. The zero-order chi connectivity index (χ0) is 25.9. The van der Waals surface area contributed by atoms with Crippen LogP contribution < -0.4 is 10.5 Å². The quantitative estimate of drug-likeness (QED) is 0.500. The minimum atomic E-state index is -4.08. The zero-order valence-electron chi connectivity index (χ0n) is 20.2. The molecule has 1 aliphatic rings. The maximum atomic E-state index is 13.6. The van der Waals surface area contributed by atoms with Crippen LogP contribution >= 0.6 is 0 Å². The number of benzene rings is 2. The third-order valence-electron chi connectivity index (χ3n) is 6.71. The van der Waals surface area contributed by atoms with E-state index < -0.39 is 15.6 Å². The number of primary sulfonamides is 1. The summed E-state index contributed by atoms with van der Waals surface area (Å²) >= 11 is 0. The fraction of sp³-hybridized carbons (Fsp3) is 0.308. The Morgan fingerprint density at radius 1 is 1.14 bits per heavy atom. The second-order valence-corrected chi connectivity index (χ2v) is 10.3. The number of nitrogens with zero attached hydrogens (tertiary/aromatic N) is 2. The van der Waals surface area contributed by atoms with E-state index in [1.165, 1.54) is 18.3 Å². The summed E-state index contributed by atoms with van der Waals surface area (Å²) in [5.41, 5.74) is 2.14. The number of hydrogen-bond donors (Lipinski definition) is 2. The molecule has 36 heavy (non-hydrogen) atoms. The third-order valence-corrected chi connectivity index (χ3v) is 7.66. The molecule has 1 saturated heterocycles. The van der Waals surface area contributed by atoms with Crippen molar-refractivity contribution in [2.24, 2.45) is 5.14 Å². The van der Waals surface area contributed by atoms with Crippen molar-refractivity contribution in [2.75, 3.05) is 25.5 Å². The molecule has 0 atom stereocenters. The number of amides is 1. The predicted molar refractivity (Wildman–Crippen MR) is 134 cm³/mol. The van der Waals surface area contributed by atoms with Crippen molar-refractivity contribution in [3.8, 4) is 0 Å². The summed E-state index contributed by atoms with van der Waals surface area (Å²) < 4.78 is 43.4. The molecular formula is C26H29FN4O4S. The van der Waals surface area contributed by atoms with Crippen LogP contribution in [0, 0.1) is 12.7 Å². The molecule has 190 valence electrons. The minimum absolute atomic E-state index is 0.266. The summed E-state index contributed by atoms with van der Waals surface area (Å²) in [4.78, 5) is 19.3. The summed E-state index contributed by atoms with van der Waals surface area (Å²) in [6.07, 6.45) is 2.31. The van der Waals surface area contributed by atoms with Crippen LogP contribution in [-0.2, 0) is 26.9 Å². The van der Waals surface area contributed by atoms with Gasteiger partial charge in [-0.3, -0.25) is 4.79 Å². The van der Waals surface area contributed by atoms with E-state index in [1.54, 1.807) is 31.1 Å². The van der Waals surface area contributed by atoms with E-state index in [2.05, 4.69) is 10.3 Å². The van der Waals surface area contributed by atoms with Gasteiger partial charge in [0.25, 0.3) is 15.9 Å². The lowest BCUT2D eigenvalue weighted by molar-refractivity contribution is -0.0575. The van der Waals surface area contributed by atoms with Gasteiger partial charge in [-0.15, -0.1) is 0 Å². The molecule has 3 N–H and O–H groups in total. The van der Waals surface area contributed by atoms with Crippen LogP contribution in [-0.4, -0.2) is 44.4 Å². The Morgan fingerprint density at radius 3 is 2.36 bits per heavy atom. The number of piperidine rings is 1. The first-order valence-corrected chi connectivity index (χ1v) is 13.1.